The molecule has 0 saturated carbocycles. The Bertz CT molecular complexity index is 449. The van der Waals surface area contributed by atoms with Gasteiger partial charge in [-0.05, 0) is 12.5 Å². The van der Waals surface area contributed by atoms with Gasteiger partial charge in [0.2, 0.25) is 0 Å². The van der Waals surface area contributed by atoms with Gasteiger partial charge in [0.05, 0.1) is 13.7 Å². The van der Waals surface area contributed by atoms with Gasteiger partial charge < -0.3 is 4.74 Å². The molecule has 1 aromatic heterocycles. The Morgan fingerprint density at radius 2 is 2.38 bits per heavy atom. The number of hydrogen-bond donors (Lipinski definition) is 0. The standard InChI is InChI=1S/C11H14N2O3/c1-3-9(11(15)16-2)6-8-13-10(14)5-4-7-12-13/h4-7H,3,8H2,1-2H3. The maximum absolute atomic E-state index is 11.3. The van der Waals surface area contributed by atoms with Crippen LogP contribution in [0.5, 0.6) is 0 Å². The number of rotatable bonds is 4. The lowest BCUT2D eigenvalue weighted by molar-refractivity contribution is -0.136. The van der Waals surface area contributed by atoms with Crippen molar-refractivity contribution in [1.29, 1.82) is 0 Å². The number of esters is 1. The molecule has 0 saturated heterocycles. The number of hydrogen-bond acceptors (Lipinski definition) is 4. The van der Waals surface area contributed by atoms with Crippen LogP contribution < -0.4 is 5.56 Å². The molecule has 0 aromatic carbocycles. The van der Waals surface area contributed by atoms with Gasteiger partial charge in [0.1, 0.15) is 0 Å². The number of nitrogens with zero attached hydrogens (tertiary/aromatic N) is 2. The highest BCUT2D eigenvalue weighted by Crippen LogP contribution is 2.02. The van der Waals surface area contributed by atoms with Gasteiger partial charge in [-0.1, -0.05) is 13.0 Å². The number of methoxy groups -OCH3 is 1. The first-order chi connectivity index (χ1) is 7.69. The lowest BCUT2D eigenvalue weighted by Crippen LogP contribution is -2.20. The zero-order valence-corrected chi connectivity index (χ0v) is 9.34. The number of allylic oxidation sites excluding steroid dienone is 1. The fourth-order valence-corrected chi connectivity index (χ4v) is 1.22. The summed E-state index contributed by atoms with van der Waals surface area (Å²) in [6, 6.07) is 2.99. The first-order valence-electron chi connectivity index (χ1n) is 4.98. The van der Waals surface area contributed by atoms with Gasteiger partial charge in [-0.25, -0.2) is 9.48 Å². The summed E-state index contributed by atoms with van der Waals surface area (Å²) in [5, 5.41) is 3.88. The van der Waals surface area contributed by atoms with E-state index in [1.54, 1.807) is 12.1 Å². The molecule has 86 valence electrons. The average Bonchev–Trinajstić information content (AvgIpc) is 2.31. The summed E-state index contributed by atoms with van der Waals surface area (Å²) in [6.07, 6.45) is 3.74. The van der Waals surface area contributed by atoms with E-state index in [0.717, 1.165) is 0 Å². The molecule has 0 atom stereocenters. The van der Waals surface area contributed by atoms with E-state index < -0.39 is 0 Å². The molecule has 1 heterocycles. The molecule has 16 heavy (non-hydrogen) atoms. The van der Waals surface area contributed by atoms with Crippen molar-refractivity contribution in [3.63, 3.8) is 0 Å². The van der Waals surface area contributed by atoms with Crippen molar-refractivity contribution < 1.29 is 9.53 Å². The van der Waals surface area contributed by atoms with Crippen molar-refractivity contribution >= 4 is 5.97 Å². The summed E-state index contributed by atoms with van der Waals surface area (Å²) in [7, 11) is 1.33. The van der Waals surface area contributed by atoms with Crippen LogP contribution >= 0.6 is 0 Å². The van der Waals surface area contributed by atoms with Gasteiger partial charge in [-0.15, -0.1) is 0 Å². The van der Waals surface area contributed by atoms with Crippen molar-refractivity contribution in [2.75, 3.05) is 7.11 Å². The lowest BCUT2D eigenvalue weighted by atomic mass is 10.2. The molecule has 0 aliphatic rings. The monoisotopic (exact) mass is 222 g/mol. The summed E-state index contributed by atoms with van der Waals surface area (Å²) in [5.74, 6) is -0.369. The Hall–Kier alpha value is -1.91. The minimum absolute atomic E-state index is 0.195. The molecule has 0 spiro atoms. The second kappa shape index (κ2) is 5.85. The van der Waals surface area contributed by atoms with Crippen molar-refractivity contribution in [2.45, 2.75) is 19.9 Å². The molecule has 5 heteroatoms. The molecule has 1 rings (SSSR count). The van der Waals surface area contributed by atoms with Gasteiger partial charge in [0.15, 0.2) is 0 Å². The third-order valence-electron chi connectivity index (χ3n) is 2.12. The van der Waals surface area contributed by atoms with E-state index in [-0.39, 0.29) is 18.1 Å². The van der Waals surface area contributed by atoms with Crippen molar-refractivity contribution in [3.8, 4) is 0 Å². The SMILES string of the molecule is CCC(=CCn1ncccc1=O)C(=O)OC. The highest BCUT2D eigenvalue weighted by Gasteiger charge is 2.06. The van der Waals surface area contributed by atoms with Crippen LogP contribution in [-0.2, 0) is 16.1 Å². The van der Waals surface area contributed by atoms with Crippen LogP contribution in [0.1, 0.15) is 13.3 Å². The average molecular weight is 222 g/mol. The van der Waals surface area contributed by atoms with Gasteiger partial charge >= 0.3 is 5.97 Å². The first kappa shape index (κ1) is 12.2. The highest BCUT2D eigenvalue weighted by molar-refractivity contribution is 5.88. The summed E-state index contributed by atoms with van der Waals surface area (Å²) >= 11 is 0. The largest absolute Gasteiger partial charge is 0.466 e. The number of ether oxygens (including phenoxy) is 1. The number of carbonyl (C=O) groups is 1. The molecule has 0 unspecified atom stereocenters. The third kappa shape index (κ3) is 3.05. The quantitative estimate of drug-likeness (QED) is 0.557. The lowest BCUT2D eigenvalue weighted by Gasteiger charge is -2.03. The Morgan fingerprint density at radius 1 is 1.62 bits per heavy atom. The fraction of sp³-hybridized carbons (Fsp3) is 0.364. The van der Waals surface area contributed by atoms with Crippen LogP contribution in [0.2, 0.25) is 0 Å². The maximum atomic E-state index is 11.3. The van der Waals surface area contributed by atoms with Crippen LogP contribution in [0.3, 0.4) is 0 Å². The van der Waals surface area contributed by atoms with Gasteiger partial charge in [0, 0.05) is 17.8 Å². The predicted molar refractivity (Wildman–Crippen MR) is 58.9 cm³/mol. The van der Waals surface area contributed by atoms with E-state index in [4.69, 9.17) is 0 Å². The van der Waals surface area contributed by atoms with Crippen LogP contribution in [-0.4, -0.2) is 22.9 Å². The van der Waals surface area contributed by atoms with Gasteiger partial charge in [-0.2, -0.15) is 5.10 Å². The molecule has 0 N–H and O–H groups in total. The van der Waals surface area contributed by atoms with Crippen LogP contribution in [0, 0.1) is 0 Å². The minimum Gasteiger partial charge on any atom is -0.466 e. The zero-order chi connectivity index (χ0) is 12.0. The molecule has 0 fully saturated rings. The Kier molecular flexibility index (Phi) is 4.44. The summed E-state index contributed by atoms with van der Waals surface area (Å²) in [6.45, 7) is 2.13. The second-order valence-electron chi connectivity index (χ2n) is 3.12. The van der Waals surface area contributed by atoms with Crippen LogP contribution in [0.15, 0.2) is 34.8 Å². The topological polar surface area (TPSA) is 61.2 Å². The molecule has 0 aliphatic heterocycles. The molecule has 0 radical (unpaired) electrons. The smallest absolute Gasteiger partial charge is 0.333 e. The van der Waals surface area contributed by atoms with Gasteiger partial charge in [0.25, 0.3) is 5.56 Å². The van der Waals surface area contributed by atoms with Gasteiger partial charge in [-0.3, -0.25) is 4.79 Å². The Labute approximate surface area is 93.4 Å². The zero-order valence-electron chi connectivity index (χ0n) is 9.34. The van der Waals surface area contributed by atoms with Crippen LogP contribution in [0.25, 0.3) is 0 Å². The molecule has 0 bridgehead atoms. The number of aromatic nitrogens is 2. The minimum atomic E-state index is -0.369. The van der Waals surface area contributed by atoms with E-state index in [1.807, 2.05) is 6.92 Å². The van der Waals surface area contributed by atoms with Crippen LogP contribution in [0.4, 0.5) is 0 Å². The van der Waals surface area contributed by atoms with E-state index in [9.17, 15) is 9.59 Å². The van der Waals surface area contributed by atoms with E-state index in [1.165, 1.54) is 24.1 Å². The molecule has 0 amide bonds. The summed E-state index contributed by atoms with van der Waals surface area (Å²) in [5.41, 5.74) is 0.346. The van der Waals surface area contributed by atoms with Crippen molar-refractivity contribution in [3.05, 3.63) is 40.3 Å². The maximum Gasteiger partial charge on any atom is 0.333 e. The first-order valence-corrected chi connectivity index (χ1v) is 4.98. The second-order valence-corrected chi connectivity index (χ2v) is 3.12. The molecule has 1 aromatic rings. The fourth-order valence-electron chi connectivity index (χ4n) is 1.22. The molecular weight excluding hydrogens is 208 g/mol. The summed E-state index contributed by atoms with van der Waals surface area (Å²) in [4.78, 5) is 22.6. The highest BCUT2D eigenvalue weighted by atomic mass is 16.5. The summed E-state index contributed by atoms with van der Waals surface area (Å²) < 4.78 is 5.88. The van der Waals surface area contributed by atoms with Crippen molar-refractivity contribution in [2.24, 2.45) is 0 Å². The van der Waals surface area contributed by atoms with E-state index in [0.29, 0.717) is 12.0 Å². The van der Waals surface area contributed by atoms with Crippen molar-refractivity contribution in [1.82, 2.24) is 9.78 Å². The normalized spacial score (nSPS) is 11.2. The number of carbonyl (C=O) groups excluding carboxylic acids is 1. The van der Waals surface area contributed by atoms with E-state index >= 15 is 0 Å². The Balaban J connectivity index is 2.82. The third-order valence-corrected chi connectivity index (χ3v) is 2.12. The molecular formula is C11H14N2O3. The predicted octanol–water partition coefficient (Wildman–Crippen LogP) is 0.753. The molecule has 0 aliphatic carbocycles. The molecule has 5 nitrogen and oxygen atoms in total. The van der Waals surface area contributed by atoms with E-state index in [2.05, 4.69) is 9.84 Å². The Morgan fingerprint density at radius 3 is 2.94 bits per heavy atom.